The summed E-state index contributed by atoms with van der Waals surface area (Å²) in [5, 5.41) is 0. The van der Waals surface area contributed by atoms with Crippen molar-refractivity contribution in [3.05, 3.63) is 22.7 Å². The van der Waals surface area contributed by atoms with E-state index in [1.54, 1.807) is 0 Å². The highest BCUT2D eigenvalue weighted by Gasteiger charge is 2.52. The van der Waals surface area contributed by atoms with Crippen LogP contribution in [0.3, 0.4) is 0 Å². The lowest BCUT2D eigenvalue weighted by atomic mass is 9.96. The van der Waals surface area contributed by atoms with Gasteiger partial charge in [0.1, 0.15) is 0 Å². The maximum absolute atomic E-state index is 5.78. The van der Waals surface area contributed by atoms with Crippen LogP contribution in [-0.4, -0.2) is 13.1 Å². The molecule has 74 valence electrons. The van der Waals surface area contributed by atoms with Gasteiger partial charge in [-0.3, -0.25) is 0 Å². The number of rotatable bonds is 1. The van der Waals surface area contributed by atoms with Crippen LogP contribution in [0.1, 0.15) is 12.8 Å². The van der Waals surface area contributed by atoms with Gasteiger partial charge >= 0.3 is 0 Å². The van der Waals surface area contributed by atoms with Crippen LogP contribution in [0.2, 0.25) is 0 Å². The van der Waals surface area contributed by atoms with Crippen molar-refractivity contribution in [3.8, 4) is 0 Å². The molecular weight excluding hydrogens is 240 g/mol. The summed E-state index contributed by atoms with van der Waals surface area (Å²) in [5.41, 5.74) is 8.58. The van der Waals surface area contributed by atoms with Crippen LogP contribution in [0.4, 0.5) is 11.4 Å². The minimum absolute atomic E-state index is 0.698. The first-order valence-electron chi connectivity index (χ1n) is 4.99. The van der Waals surface area contributed by atoms with Gasteiger partial charge in [-0.1, -0.05) is 0 Å². The van der Waals surface area contributed by atoms with E-state index in [9.17, 15) is 0 Å². The third kappa shape index (κ3) is 1.22. The molecule has 1 spiro atoms. The summed E-state index contributed by atoms with van der Waals surface area (Å²) in [4.78, 5) is 2.41. The molecule has 2 N–H and O–H groups in total. The zero-order valence-corrected chi connectivity index (χ0v) is 9.55. The van der Waals surface area contributed by atoms with Crippen molar-refractivity contribution in [3.63, 3.8) is 0 Å². The average Bonchev–Trinajstić information content (AvgIpc) is 2.86. The second-order valence-electron chi connectivity index (χ2n) is 4.57. The summed E-state index contributed by atoms with van der Waals surface area (Å²) in [7, 11) is 0. The number of hydrogen-bond acceptors (Lipinski definition) is 2. The second kappa shape index (κ2) is 2.66. The van der Waals surface area contributed by atoms with Gasteiger partial charge in [-0.25, -0.2) is 0 Å². The van der Waals surface area contributed by atoms with Gasteiger partial charge in [0.05, 0.1) is 5.69 Å². The third-order valence-electron chi connectivity index (χ3n) is 3.32. The average molecular weight is 253 g/mol. The Kier molecular flexibility index (Phi) is 1.63. The van der Waals surface area contributed by atoms with Crippen LogP contribution < -0.4 is 10.6 Å². The normalized spacial score (nSPS) is 22.2. The number of benzene rings is 1. The Balaban J connectivity index is 1.85. The van der Waals surface area contributed by atoms with Crippen molar-refractivity contribution in [2.45, 2.75) is 12.8 Å². The number of hydrogen-bond donors (Lipinski definition) is 1. The zero-order valence-electron chi connectivity index (χ0n) is 7.96. The maximum atomic E-state index is 5.78. The Morgan fingerprint density at radius 1 is 1.29 bits per heavy atom. The molecule has 3 heteroatoms. The molecular formula is C11H13BrN2. The fourth-order valence-corrected chi connectivity index (χ4v) is 2.70. The van der Waals surface area contributed by atoms with E-state index in [1.165, 1.54) is 31.6 Å². The molecule has 1 heterocycles. The lowest BCUT2D eigenvalue weighted by molar-refractivity contribution is 0.387. The molecule has 2 aliphatic rings. The summed E-state index contributed by atoms with van der Waals surface area (Å²) in [6, 6.07) is 6.02. The molecule has 2 nitrogen and oxygen atoms in total. The molecule has 0 aromatic heterocycles. The molecule has 3 rings (SSSR count). The number of nitrogen functional groups attached to an aromatic ring is 1. The first-order chi connectivity index (χ1) is 6.69. The molecule has 14 heavy (non-hydrogen) atoms. The Hall–Kier alpha value is -0.700. The number of nitrogens with zero attached hydrogens (tertiary/aromatic N) is 1. The first kappa shape index (κ1) is 8.60. The Morgan fingerprint density at radius 2 is 2.00 bits per heavy atom. The molecule has 0 amide bonds. The quantitative estimate of drug-likeness (QED) is 0.779. The molecule has 0 unspecified atom stereocenters. The Labute approximate surface area is 92.2 Å². The molecule has 1 aromatic rings. The molecule has 2 fully saturated rings. The topological polar surface area (TPSA) is 29.3 Å². The molecule has 1 aliphatic heterocycles. The van der Waals surface area contributed by atoms with Crippen molar-refractivity contribution >= 4 is 27.3 Å². The van der Waals surface area contributed by atoms with Gasteiger partial charge in [-0.15, -0.1) is 0 Å². The highest BCUT2D eigenvalue weighted by Crippen LogP contribution is 2.54. The van der Waals surface area contributed by atoms with E-state index < -0.39 is 0 Å². The van der Waals surface area contributed by atoms with E-state index in [0.29, 0.717) is 5.41 Å². The standard InChI is InChI=1S/C11H13BrN2/c12-9-2-1-8(13)5-10(9)14-6-11(7-14)3-4-11/h1-2,5H,3-4,6-7,13H2. The fraction of sp³-hybridized carbons (Fsp3) is 0.455. The van der Waals surface area contributed by atoms with Gasteiger partial charge < -0.3 is 10.6 Å². The molecule has 1 aromatic carbocycles. The maximum Gasteiger partial charge on any atom is 0.0531 e. The molecule has 0 atom stereocenters. The monoisotopic (exact) mass is 252 g/mol. The number of halogens is 1. The van der Waals surface area contributed by atoms with Crippen molar-refractivity contribution in [2.75, 3.05) is 23.7 Å². The highest BCUT2D eigenvalue weighted by atomic mass is 79.9. The second-order valence-corrected chi connectivity index (χ2v) is 5.42. The van der Waals surface area contributed by atoms with Crippen molar-refractivity contribution in [1.82, 2.24) is 0 Å². The van der Waals surface area contributed by atoms with Gasteiger partial charge in [0, 0.05) is 28.7 Å². The fourth-order valence-electron chi connectivity index (χ4n) is 2.20. The smallest absolute Gasteiger partial charge is 0.0531 e. The highest BCUT2D eigenvalue weighted by molar-refractivity contribution is 9.10. The minimum atomic E-state index is 0.698. The Bertz CT molecular complexity index is 377. The van der Waals surface area contributed by atoms with Crippen LogP contribution in [0, 0.1) is 5.41 Å². The van der Waals surface area contributed by atoms with Crippen LogP contribution in [-0.2, 0) is 0 Å². The van der Waals surface area contributed by atoms with Crippen LogP contribution in [0.5, 0.6) is 0 Å². The summed E-state index contributed by atoms with van der Waals surface area (Å²) in [5.74, 6) is 0. The SMILES string of the molecule is Nc1ccc(Br)c(N2CC3(CC3)C2)c1. The third-order valence-corrected chi connectivity index (χ3v) is 3.99. The predicted octanol–water partition coefficient (Wildman–Crippen LogP) is 2.63. The van der Waals surface area contributed by atoms with Gasteiger partial charge in [-0.2, -0.15) is 0 Å². The van der Waals surface area contributed by atoms with E-state index in [4.69, 9.17) is 5.73 Å². The van der Waals surface area contributed by atoms with Gasteiger partial charge in [0.15, 0.2) is 0 Å². The Morgan fingerprint density at radius 3 is 2.64 bits per heavy atom. The van der Waals surface area contributed by atoms with Gasteiger partial charge in [0.2, 0.25) is 0 Å². The van der Waals surface area contributed by atoms with Gasteiger partial charge in [-0.05, 0) is 47.0 Å². The molecule has 0 radical (unpaired) electrons. The van der Waals surface area contributed by atoms with E-state index in [-0.39, 0.29) is 0 Å². The van der Waals surface area contributed by atoms with Crippen LogP contribution >= 0.6 is 15.9 Å². The summed E-state index contributed by atoms with van der Waals surface area (Å²) < 4.78 is 1.15. The van der Waals surface area contributed by atoms with Crippen molar-refractivity contribution in [1.29, 1.82) is 0 Å². The summed E-state index contributed by atoms with van der Waals surface area (Å²) >= 11 is 3.57. The van der Waals surface area contributed by atoms with Crippen molar-refractivity contribution in [2.24, 2.45) is 5.41 Å². The lowest BCUT2D eigenvalue weighted by Crippen LogP contribution is -2.48. The number of anilines is 2. The van der Waals surface area contributed by atoms with E-state index in [1.807, 2.05) is 12.1 Å². The zero-order chi connectivity index (χ0) is 9.76. The summed E-state index contributed by atoms with van der Waals surface area (Å²) in [6.07, 6.45) is 2.84. The predicted molar refractivity (Wildman–Crippen MR) is 62.4 cm³/mol. The lowest BCUT2D eigenvalue weighted by Gasteiger charge is -2.42. The van der Waals surface area contributed by atoms with Crippen molar-refractivity contribution < 1.29 is 0 Å². The van der Waals surface area contributed by atoms with E-state index >= 15 is 0 Å². The molecule has 1 saturated carbocycles. The largest absolute Gasteiger partial charge is 0.399 e. The van der Waals surface area contributed by atoms with E-state index in [0.717, 1.165) is 10.2 Å². The molecule has 1 saturated heterocycles. The van der Waals surface area contributed by atoms with E-state index in [2.05, 4.69) is 26.9 Å². The van der Waals surface area contributed by atoms with Crippen LogP contribution in [0.15, 0.2) is 22.7 Å². The van der Waals surface area contributed by atoms with Gasteiger partial charge in [0.25, 0.3) is 0 Å². The molecule has 0 bridgehead atoms. The number of nitrogens with two attached hydrogens (primary N) is 1. The molecule has 1 aliphatic carbocycles. The van der Waals surface area contributed by atoms with Crippen LogP contribution in [0.25, 0.3) is 0 Å². The summed E-state index contributed by atoms with van der Waals surface area (Å²) in [6.45, 7) is 2.43. The first-order valence-corrected chi connectivity index (χ1v) is 5.78. The minimum Gasteiger partial charge on any atom is -0.399 e.